The number of hydrogen-bond donors (Lipinski definition) is 1. The number of benzene rings is 1. The molecule has 0 heterocycles. The van der Waals surface area contributed by atoms with Gasteiger partial charge in [-0.3, -0.25) is 0 Å². The van der Waals surface area contributed by atoms with Gasteiger partial charge in [0.2, 0.25) is 0 Å². The Kier molecular flexibility index (Phi) is 7.42. The second kappa shape index (κ2) is 7.42. The molecule has 13 heavy (non-hydrogen) atoms. The lowest BCUT2D eigenvalue weighted by molar-refractivity contribution is -0.00000373. The lowest BCUT2D eigenvalue weighted by Gasteiger charge is -2.00. The minimum absolute atomic E-state index is 0. The van der Waals surface area contributed by atoms with Crippen LogP contribution in [0.1, 0.15) is 5.56 Å². The monoisotopic (exact) mass is 262 g/mol. The van der Waals surface area contributed by atoms with E-state index >= 15 is 0 Å². The molecule has 1 rings (SSSR count). The first-order chi connectivity index (χ1) is 5.83. The molecule has 0 bridgehead atoms. The van der Waals surface area contributed by atoms with Gasteiger partial charge in [0.1, 0.15) is 11.5 Å². The predicted molar refractivity (Wildman–Crippen MR) is 55.4 cm³/mol. The van der Waals surface area contributed by atoms with Crippen molar-refractivity contribution in [1.82, 2.24) is 0 Å². The summed E-state index contributed by atoms with van der Waals surface area (Å²) in [5.74, 6) is 2.02. The molecule has 3 heteroatoms. The van der Waals surface area contributed by atoms with Gasteiger partial charge < -0.3 is 22.1 Å². The molecule has 74 valence electrons. The third kappa shape index (κ3) is 5.34. The largest absolute Gasteiger partial charge is 1.00 e. The maximum absolute atomic E-state index is 8.72. The third-order valence-electron chi connectivity index (χ3n) is 1.70. The second-order valence-electron chi connectivity index (χ2n) is 2.84. The highest BCUT2D eigenvalue weighted by Gasteiger charge is 2.09. The fourth-order valence-electron chi connectivity index (χ4n) is 1.09. The van der Waals surface area contributed by atoms with Crippen LogP contribution in [-0.4, -0.2) is 23.7 Å². The number of aliphatic hydroxyl groups is 1. The van der Waals surface area contributed by atoms with E-state index in [0.29, 0.717) is 17.5 Å². The van der Waals surface area contributed by atoms with Crippen LogP contribution >= 0.6 is 0 Å². The Morgan fingerprint density at radius 1 is 1.23 bits per heavy atom. The van der Waals surface area contributed by atoms with Crippen molar-refractivity contribution in [3.05, 3.63) is 35.9 Å². The van der Waals surface area contributed by atoms with E-state index in [-0.39, 0.29) is 17.0 Å². The summed E-state index contributed by atoms with van der Waals surface area (Å²) in [6.45, 7) is 0.312. The first-order valence-corrected chi connectivity index (χ1v) is 6.04. The molecule has 0 aliphatic rings. The maximum atomic E-state index is 8.72. The van der Waals surface area contributed by atoms with E-state index in [9.17, 15) is 0 Å². The molecule has 1 N–H and O–H groups in total. The van der Waals surface area contributed by atoms with Gasteiger partial charge in [-0.15, -0.1) is 0 Å². The molecule has 0 amide bonds. The number of hydrogen-bond acceptors (Lipinski definition) is 1. The van der Waals surface area contributed by atoms with Crippen LogP contribution in [0, 0.1) is 0 Å². The van der Waals surface area contributed by atoms with Crippen molar-refractivity contribution in [3.63, 3.8) is 0 Å². The predicted octanol–water partition coefficient (Wildman–Crippen LogP) is -1.57. The summed E-state index contributed by atoms with van der Waals surface area (Å²) in [6.07, 6.45) is 2.20. The molecule has 0 spiro atoms. The lowest BCUT2D eigenvalue weighted by atomic mass is 10.2. The van der Waals surface area contributed by atoms with Gasteiger partial charge in [-0.2, -0.15) is 0 Å². The Hall–Kier alpha value is 0.01000. The summed E-state index contributed by atoms with van der Waals surface area (Å²) in [5, 5.41) is 8.72. The molecule has 1 nitrogen and oxygen atoms in total. The Bertz CT molecular complexity index is 215. The van der Waals surface area contributed by atoms with Crippen LogP contribution < -0.4 is 17.0 Å². The van der Waals surface area contributed by atoms with Crippen LogP contribution in [-0.2, 0) is 16.6 Å². The van der Waals surface area contributed by atoms with Crippen molar-refractivity contribution >= 4 is 10.9 Å². The summed E-state index contributed by atoms with van der Waals surface area (Å²) in [6, 6.07) is 10.4. The van der Waals surface area contributed by atoms with E-state index in [1.807, 2.05) is 6.07 Å². The van der Waals surface area contributed by atoms with Gasteiger partial charge >= 0.3 is 0 Å². The Morgan fingerprint density at radius 2 is 1.85 bits per heavy atom. The van der Waals surface area contributed by atoms with Gasteiger partial charge in [0.25, 0.3) is 0 Å². The van der Waals surface area contributed by atoms with Gasteiger partial charge in [0, 0.05) is 5.56 Å². The van der Waals surface area contributed by atoms with Gasteiger partial charge in [-0.25, -0.2) is 0 Å². The van der Waals surface area contributed by atoms with Crippen LogP contribution in [0.3, 0.4) is 0 Å². The Labute approximate surface area is 93.3 Å². The molecule has 1 atom stereocenters. The van der Waals surface area contributed by atoms with Crippen LogP contribution in [0.2, 0.25) is 0 Å². The van der Waals surface area contributed by atoms with Gasteiger partial charge in [-0.1, -0.05) is 30.3 Å². The molecule has 0 fully saturated rings. The highest BCUT2D eigenvalue weighted by molar-refractivity contribution is 7.95. The quantitative estimate of drug-likeness (QED) is 0.651. The van der Waals surface area contributed by atoms with E-state index in [1.54, 1.807) is 0 Å². The number of rotatable bonds is 4. The summed E-state index contributed by atoms with van der Waals surface area (Å²) in [5.41, 5.74) is 1.37. The maximum Gasteiger partial charge on any atom is 0.133 e. The van der Waals surface area contributed by atoms with Gasteiger partial charge in [0.15, 0.2) is 0 Å². The van der Waals surface area contributed by atoms with Crippen LogP contribution in [0.5, 0.6) is 0 Å². The summed E-state index contributed by atoms with van der Waals surface area (Å²) in [4.78, 5) is 0. The lowest BCUT2D eigenvalue weighted by Crippen LogP contribution is -3.00. The Morgan fingerprint density at radius 3 is 2.38 bits per heavy atom. The van der Waals surface area contributed by atoms with E-state index in [2.05, 4.69) is 30.5 Å². The smallest absolute Gasteiger partial charge is 0.133 e. The molecule has 0 radical (unpaired) electrons. The SMILES string of the molecule is C[S+](CCO)Cc1ccccc1.[Br-]. The fourth-order valence-corrected chi connectivity index (χ4v) is 2.30. The van der Waals surface area contributed by atoms with E-state index in [4.69, 9.17) is 5.11 Å². The summed E-state index contributed by atoms with van der Waals surface area (Å²) < 4.78 is 0. The zero-order valence-electron chi connectivity index (χ0n) is 7.74. The minimum Gasteiger partial charge on any atom is -1.00 e. The van der Waals surface area contributed by atoms with Crippen molar-refractivity contribution in [3.8, 4) is 0 Å². The highest BCUT2D eigenvalue weighted by Crippen LogP contribution is 2.05. The van der Waals surface area contributed by atoms with Crippen molar-refractivity contribution in [1.29, 1.82) is 0 Å². The van der Waals surface area contributed by atoms with E-state index in [0.717, 1.165) is 11.5 Å². The topological polar surface area (TPSA) is 20.2 Å². The molecular weight excluding hydrogens is 248 g/mol. The molecule has 0 aliphatic carbocycles. The molecule has 1 aromatic rings. The fraction of sp³-hybridized carbons (Fsp3) is 0.400. The number of halogens is 1. The molecule has 0 aromatic heterocycles. The molecule has 0 saturated heterocycles. The van der Waals surface area contributed by atoms with E-state index < -0.39 is 0 Å². The van der Waals surface area contributed by atoms with E-state index in [1.165, 1.54) is 5.56 Å². The first-order valence-electron chi connectivity index (χ1n) is 4.07. The third-order valence-corrected chi connectivity index (χ3v) is 3.40. The summed E-state index contributed by atoms with van der Waals surface area (Å²) >= 11 is 0. The molecule has 1 unspecified atom stereocenters. The molecule has 0 saturated carbocycles. The summed E-state index contributed by atoms with van der Waals surface area (Å²) in [7, 11) is 0.329. The van der Waals surface area contributed by atoms with Gasteiger partial charge in [-0.05, 0) is 10.9 Å². The number of aliphatic hydroxyl groups excluding tert-OH is 1. The zero-order chi connectivity index (χ0) is 8.81. The average Bonchev–Trinajstić information content (AvgIpc) is 2.06. The standard InChI is InChI=1S/C10H15OS.BrH/c1-12(8-7-11)9-10-5-3-2-4-6-10;/h2-6,11H,7-9H2,1H3;1H/q+1;/p-1. The van der Waals surface area contributed by atoms with Crippen molar-refractivity contribution < 1.29 is 22.1 Å². The van der Waals surface area contributed by atoms with Crippen molar-refractivity contribution in [2.24, 2.45) is 0 Å². The van der Waals surface area contributed by atoms with Crippen molar-refractivity contribution in [2.45, 2.75) is 5.75 Å². The minimum atomic E-state index is 0. The van der Waals surface area contributed by atoms with Crippen LogP contribution in [0.4, 0.5) is 0 Å². The molecule has 1 aromatic carbocycles. The Balaban J connectivity index is 0.00000144. The van der Waals surface area contributed by atoms with Crippen LogP contribution in [0.15, 0.2) is 30.3 Å². The normalized spacial score (nSPS) is 11.8. The van der Waals surface area contributed by atoms with Crippen LogP contribution in [0.25, 0.3) is 0 Å². The highest BCUT2D eigenvalue weighted by atomic mass is 79.9. The van der Waals surface area contributed by atoms with Crippen molar-refractivity contribution in [2.75, 3.05) is 18.6 Å². The second-order valence-corrected chi connectivity index (χ2v) is 5.10. The first kappa shape index (κ1) is 13.0. The average molecular weight is 263 g/mol. The molecular formula is C10H15BrOS. The molecule has 0 aliphatic heterocycles. The zero-order valence-corrected chi connectivity index (χ0v) is 10.1. The van der Waals surface area contributed by atoms with Gasteiger partial charge in [0.05, 0.1) is 12.9 Å².